The van der Waals surface area contributed by atoms with E-state index in [1.54, 1.807) is 0 Å². The van der Waals surface area contributed by atoms with Crippen molar-refractivity contribution in [3.8, 4) is 0 Å². The van der Waals surface area contributed by atoms with Gasteiger partial charge in [0.1, 0.15) is 0 Å². The minimum atomic E-state index is -0.696. The molecule has 14 heavy (non-hydrogen) atoms. The molecule has 2 fully saturated rings. The van der Waals surface area contributed by atoms with E-state index in [0.29, 0.717) is 26.1 Å². The van der Waals surface area contributed by atoms with Crippen LogP contribution >= 0.6 is 0 Å². The molecule has 0 saturated carbocycles. The molecular weight excluding hydrogens is 184 g/mol. The number of rotatable bonds is 1. The zero-order chi connectivity index (χ0) is 10.0. The monoisotopic (exact) mass is 200 g/mol. The summed E-state index contributed by atoms with van der Waals surface area (Å²) in [5.74, 6) is -0.941. The zero-order valence-corrected chi connectivity index (χ0v) is 8.20. The molecule has 0 aromatic rings. The summed E-state index contributed by atoms with van der Waals surface area (Å²) in [7, 11) is 0. The van der Waals surface area contributed by atoms with Crippen LogP contribution in [-0.4, -0.2) is 36.5 Å². The first-order valence-corrected chi connectivity index (χ1v) is 5.16. The molecule has 0 radical (unpaired) electrons. The fourth-order valence-electron chi connectivity index (χ4n) is 2.34. The Hall–Kier alpha value is -0.610. The maximum absolute atomic E-state index is 10.9. The van der Waals surface area contributed by atoms with E-state index < -0.39 is 5.97 Å². The third kappa shape index (κ3) is 1.91. The lowest BCUT2D eigenvalue weighted by molar-refractivity contribution is -0.175. The molecular formula is C10H16O4. The van der Waals surface area contributed by atoms with Crippen molar-refractivity contribution in [2.24, 2.45) is 5.92 Å². The molecule has 2 rings (SSSR count). The quantitative estimate of drug-likeness (QED) is 0.687. The second-order valence-corrected chi connectivity index (χ2v) is 4.22. The first-order valence-electron chi connectivity index (χ1n) is 5.16. The Morgan fingerprint density at radius 1 is 1.43 bits per heavy atom. The number of carbonyl (C=O) groups is 1. The maximum atomic E-state index is 10.9. The van der Waals surface area contributed by atoms with Gasteiger partial charge in [-0.2, -0.15) is 0 Å². The van der Waals surface area contributed by atoms with Gasteiger partial charge in [-0.3, -0.25) is 4.79 Å². The van der Waals surface area contributed by atoms with Gasteiger partial charge >= 0.3 is 5.97 Å². The van der Waals surface area contributed by atoms with Crippen molar-refractivity contribution in [2.45, 2.75) is 31.3 Å². The van der Waals surface area contributed by atoms with Gasteiger partial charge in [-0.05, 0) is 25.7 Å². The topological polar surface area (TPSA) is 55.8 Å². The summed E-state index contributed by atoms with van der Waals surface area (Å²) in [5, 5.41) is 8.96. The fourth-order valence-corrected chi connectivity index (χ4v) is 2.34. The number of aliphatic carboxylic acids is 1. The standard InChI is InChI=1S/C10H16O4/c11-9(12)8-2-5-14-10(6-8)3-1-4-13-7-10/h8H,1-7H2,(H,11,12). The van der Waals surface area contributed by atoms with Crippen LogP contribution in [0.15, 0.2) is 0 Å². The molecule has 0 bridgehead atoms. The van der Waals surface area contributed by atoms with Gasteiger partial charge in [-0.1, -0.05) is 0 Å². The molecule has 2 heterocycles. The highest BCUT2D eigenvalue weighted by molar-refractivity contribution is 5.70. The van der Waals surface area contributed by atoms with Crippen molar-refractivity contribution in [1.82, 2.24) is 0 Å². The van der Waals surface area contributed by atoms with Crippen molar-refractivity contribution < 1.29 is 19.4 Å². The van der Waals surface area contributed by atoms with Crippen LogP contribution < -0.4 is 0 Å². The van der Waals surface area contributed by atoms with Gasteiger partial charge in [0.25, 0.3) is 0 Å². The Labute approximate surface area is 83.2 Å². The van der Waals surface area contributed by atoms with E-state index in [1.165, 1.54) is 0 Å². The Morgan fingerprint density at radius 3 is 2.93 bits per heavy atom. The summed E-state index contributed by atoms with van der Waals surface area (Å²) in [4.78, 5) is 10.9. The predicted octanol–water partition coefficient (Wildman–Crippen LogP) is 1.05. The van der Waals surface area contributed by atoms with Crippen LogP contribution in [0.4, 0.5) is 0 Å². The smallest absolute Gasteiger partial charge is 0.306 e. The van der Waals surface area contributed by atoms with E-state index in [0.717, 1.165) is 19.4 Å². The van der Waals surface area contributed by atoms with E-state index in [1.807, 2.05) is 0 Å². The third-order valence-electron chi connectivity index (χ3n) is 3.13. The van der Waals surface area contributed by atoms with Crippen molar-refractivity contribution in [1.29, 1.82) is 0 Å². The Balaban J connectivity index is 2.01. The lowest BCUT2D eigenvalue weighted by Crippen LogP contribution is -2.47. The van der Waals surface area contributed by atoms with Crippen molar-refractivity contribution in [2.75, 3.05) is 19.8 Å². The van der Waals surface area contributed by atoms with Gasteiger partial charge < -0.3 is 14.6 Å². The minimum absolute atomic E-state index is 0.245. The maximum Gasteiger partial charge on any atom is 0.306 e. The molecule has 0 aromatic carbocycles. The summed E-state index contributed by atoms with van der Waals surface area (Å²) < 4.78 is 11.1. The SMILES string of the molecule is O=C(O)C1CCOC2(CCCOC2)C1. The number of hydrogen-bond donors (Lipinski definition) is 1. The molecule has 2 atom stereocenters. The molecule has 2 aliphatic rings. The summed E-state index contributed by atoms with van der Waals surface area (Å²) in [6.07, 6.45) is 3.17. The van der Waals surface area contributed by atoms with Gasteiger partial charge in [0, 0.05) is 13.2 Å². The second-order valence-electron chi connectivity index (χ2n) is 4.22. The number of ether oxygens (including phenoxy) is 2. The lowest BCUT2D eigenvalue weighted by Gasteiger charge is -2.41. The molecule has 0 aromatic heterocycles. The van der Waals surface area contributed by atoms with Gasteiger partial charge in [0.15, 0.2) is 0 Å². The highest BCUT2D eigenvalue weighted by Gasteiger charge is 2.41. The third-order valence-corrected chi connectivity index (χ3v) is 3.13. The van der Waals surface area contributed by atoms with Crippen molar-refractivity contribution in [3.63, 3.8) is 0 Å². The Morgan fingerprint density at radius 2 is 2.29 bits per heavy atom. The highest BCUT2D eigenvalue weighted by atomic mass is 16.5. The zero-order valence-electron chi connectivity index (χ0n) is 8.20. The van der Waals surface area contributed by atoms with E-state index in [9.17, 15) is 4.79 Å². The highest BCUT2D eigenvalue weighted by Crippen LogP contribution is 2.35. The molecule has 1 N–H and O–H groups in total. The first kappa shape index (κ1) is 9.93. The van der Waals surface area contributed by atoms with Gasteiger partial charge in [-0.15, -0.1) is 0 Å². The number of carboxylic acid groups (broad SMARTS) is 1. The summed E-state index contributed by atoms with van der Waals surface area (Å²) >= 11 is 0. The van der Waals surface area contributed by atoms with E-state index in [-0.39, 0.29) is 11.5 Å². The molecule has 4 heteroatoms. The van der Waals surface area contributed by atoms with Crippen molar-refractivity contribution in [3.05, 3.63) is 0 Å². The minimum Gasteiger partial charge on any atom is -0.481 e. The van der Waals surface area contributed by atoms with Crippen LogP contribution in [0.3, 0.4) is 0 Å². The predicted molar refractivity (Wildman–Crippen MR) is 49.1 cm³/mol. The molecule has 0 aliphatic carbocycles. The fraction of sp³-hybridized carbons (Fsp3) is 0.900. The number of hydrogen-bond acceptors (Lipinski definition) is 3. The van der Waals surface area contributed by atoms with Gasteiger partial charge in [-0.25, -0.2) is 0 Å². The average molecular weight is 200 g/mol. The van der Waals surface area contributed by atoms with E-state index >= 15 is 0 Å². The van der Waals surface area contributed by atoms with Crippen LogP contribution in [0.1, 0.15) is 25.7 Å². The summed E-state index contributed by atoms with van der Waals surface area (Å²) in [6.45, 7) is 1.90. The van der Waals surface area contributed by atoms with Crippen LogP contribution in [0.25, 0.3) is 0 Å². The molecule has 2 saturated heterocycles. The van der Waals surface area contributed by atoms with Crippen LogP contribution in [0.5, 0.6) is 0 Å². The van der Waals surface area contributed by atoms with Crippen molar-refractivity contribution >= 4 is 5.97 Å². The normalized spacial score (nSPS) is 38.4. The molecule has 2 aliphatic heterocycles. The molecule has 1 spiro atoms. The Bertz CT molecular complexity index is 215. The van der Waals surface area contributed by atoms with Gasteiger partial charge in [0.05, 0.1) is 18.1 Å². The Kier molecular flexibility index (Phi) is 2.74. The van der Waals surface area contributed by atoms with Crippen LogP contribution in [-0.2, 0) is 14.3 Å². The van der Waals surface area contributed by atoms with Gasteiger partial charge in [0.2, 0.25) is 0 Å². The molecule has 0 amide bonds. The van der Waals surface area contributed by atoms with Crippen LogP contribution in [0.2, 0.25) is 0 Å². The molecule has 4 nitrogen and oxygen atoms in total. The molecule has 2 unspecified atom stereocenters. The van der Waals surface area contributed by atoms with E-state index in [4.69, 9.17) is 14.6 Å². The average Bonchev–Trinajstić information content (AvgIpc) is 2.19. The van der Waals surface area contributed by atoms with Crippen LogP contribution in [0, 0.1) is 5.92 Å². The largest absolute Gasteiger partial charge is 0.481 e. The lowest BCUT2D eigenvalue weighted by atomic mass is 9.82. The second kappa shape index (κ2) is 3.87. The number of carboxylic acids is 1. The summed E-state index contributed by atoms with van der Waals surface area (Å²) in [5.41, 5.74) is -0.292. The first-order chi connectivity index (χ1) is 6.72. The van der Waals surface area contributed by atoms with E-state index in [2.05, 4.69) is 0 Å². The molecule has 80 valence electrons. The summed E-state index contributed by atoms with van der Waals surface area (Å²) in [6, 6.07) is 0.